The molecule has 0 aliphatic heterocycles. The smallest absolute Gasteiger partial charge is 0.381 e. The maximum atomic E-state index is 12.7. The number of hydrogen-bond acceptors (Lipinski definition) is 2. The van der Waals surface area contributed by atoms with Gasteiger partial charge >= 0.3 is 6.18 Å². The molecule has 0 amide bonds. The number of alkyl halides is 3. The molecular formula is C13H13F3N2. The molecule has 96 valence electrons. The molecule has 18 heavy (non-hydrogen) atoms. The van der Waals surface area contributed by atoms with Crippen LogP contribution in [0.5, 0.6) is 0 Å². The fraction of sp³-hybridized carbons (Fsp3) is 0.308. The van der Waals surface area contributed by atoms with Crippen molar-refractivity contribution in [3.63, 3.8) is 0 Å². The summed E-state index contributed by atoms with van der Waals surface area (Å²) in [5, 5.41) is 11.5. The first-order valence-electron chi connectivity index (χ1n) is 5.40. The molecule has 0 atom stereocenters. The average molecular weight is 254 g/mol. The van der Waals surface area contributed by atoms with E-state index in [9.17, 15) is 13.2 Å². The number of rotatable bonds is 4. The van der Waals surface area contributed by atoms with Gasteiger partial charge < -0.3 is 5.32 Å². The van der Waals surface area contributed by atoms with Crippen molar-refractivity contribution in [1.29, 1.82) is 5.26 Å². The molecule has 2 nitrogen and oxygen atoms in total. The molecule has 0 bridgehead atoms. The molecule has 0 aliphatic rings. The highest BCUT2D eigenvalue weighted by atomic mass is 19.4. The zero-order valence-electron chi connectivity index (χ0n) is 9.93. The minimum Gasteiger partial charge on any atom is -0.381 e. The first kappa shape index (κ1) is 14.1. The summed E-state index contributed by atoms with van der Waals surface area (Å²) in [5.41, 5.74) is -0.0664. The first-order valence-corrected chi connectivity index (χ1v) is 5.40. The van der Waals surface area contributed by atoms with E-state index in [2.05, 4.69) is 11.9 Å². The second kappa shape index (κ2) is 5.58. The molecule has 1 aromatic carbocycles. The van der Waals surface area contributed by atoms with Crippen LogP contribution in [0.3, 0.4) is 0 Å². The highest BCUT2D eigenvalue weighted by Crippen LogP contribution is 2.33. The van der Waals surface area contributed by atoms with Crippen molar-refractivity contribution >= 4 is 5.69 Å². The Labute approximate surface area is 104 Å². The van der Waals surface area contributed by atoms with Crippen molar-refractivity contribution < 1.29 is 13.2 Å². The van der Waals surface area contributed by atoms with E-state index in [-0.39, 0.29) is 5.56 Å². The normalized spacial score (nSPS) is 10.8. The van der Waals surface area contributed by atoms with E-state index in [0.29, 0.717) is 12.2 Å². The van der Waals surface area contributed by atoms with Crippen molar-refractivity contribution in [2.75, 3.05) is 11.9 Å². The summed E-state index contributed by atoms with van der Waals surface area (Å²) >= 11 is 0. The van der Waals surface area contributed by atoms with Crippen LogP contribution in [0.4, 0.5) is 18.9 Å². The Morgan fingerprint density at radius 1 is 1.44 bits per heavy atom. The molecule has 5 heteroatoms. The quantitative estimate of drug-likeness (QED) is 0.825. The third-order valence-corrected chi connectivity index (χ3v) is 2.49. The number of nitrogens with zero attached hydrogens (tertiary/aromatic N) is 1. The van der Waals surface area contributed by atoms with Crippen LogP contribution >= 0.6 is 0 Å². The molecule has 0 saturated heterocycles. The maximum Gasteiger partial charge on any atom is 0.417 e. The molecule has 0 heterocycles. The lowest BCUT2D eigenvalue weighted by atomic mass is 10.1. The molecule has 1 aromatic rings. The Bertz CT molecular complexity index is 484. The zero-order chi connectivity index (χ0) is 13.8. The maximum absolute atomic E-state index is 12.7. The predicted molar refractivity (Wildman–Crippen MR) is 64.1 cm³/mol. The summed E-state index contributed by atoms with van der Waals surface area (Å²) in [5.74, 6) is 0. The summed E-state index contributed by atoms with van der Waals surface area (Å²) in [6.07, 6.45) is -3.76. The lowest BCUT2D eigenvalue weighted by Crippen LogP contribution is -2.10. The van der Waals surface area contributed by atoms with Crippen LogP contribution in [-0.2, 0) is 6.18 Å². The van der Waals surface area contributed by atoms with Crippen LogP contribution in [0.25, 0.3) is 0 Å². The summed E-state index contributed by atoms with van der Waals surface area (Å²) in [6, 6.07) is 5.11. The topological polar surface area (TPSA) is 35.8 Å². The second-order valence-corrected chi connectivity index (χ2v) is 3.83. The van der Waals surface area contributed by atoms with E-state index >= 15 is 0 Å². The molecule has 0 spiro atoms. The SMILES string of the molecule is C=C(CC)CNc1ccc(C#N)c(C(F)(F)F)c1. The van der Waals surface area contributed by atoms with Crippen LogP contribution in [0.15, 0.2) is 30.4 Å². The molecular weight excluding hydrogens is 241 g/mol. The van der Waals surface area contributed by atoms with Gasteiger partial charge in [-0.05, 0) is 24.6 Å². The number of halogens is 3. The molecule has 1 N–H and O–H groups in total. The van der Waals surface area contributed by atoms with Crippen LogP contribution in [0.1, 0.15) is 24.5 Å². The van der Waals surface area contributed by atoms with Crippen molar-refractivity contribution in [2.45, 2.75) is 19.5 Å². The van der Waals surface area contributed by atoms with E-state index in [0.717, 1.165) is 18.1 Å². The van der Waals surface area contributed by atoms with E-state index in [1.165, 1.54) is 12.1 Å². The minimum absolute atomic E-state index is 0.330. The Kier molecular flexibility index (Phi) is 4.38. The largest absolute Gasteiger partial charge is 0.417 e. The molecule has 0 saturated carbocycles. The number of nitriles is 1. The Morgan fingerprint density at radius 3 is 2.61 bits per heavy atom. The highest BCUT2D eigenvalue weighted by molar-refractivity contribution is 5.53. The van der Waals surface area contributed by atoms with E-state index in [4.69, 9.17) is 5.26 Å². The fourth-order valence-electron chi connectivity index (χ4n) is 1.34. The van der Waals surface area contributed by atoms with E-state index in [1.807, 2.05) is 6.92 Å². The van der Waals surface area contributed by atoms with Gasteiger partial charge in [0, 0.05) is 12.2 Å². The number of nitrogens with one attached hydrogen (secondary N) is 1. The standard InChI is InChI=1S/C13H13F3N2/c1-3-9(2)8-18-11-5-4-10(7-17)12(6-11)13(14,15)16/h4-6,18H,2-3,8H2,1H3. The van der Waals surface area contributed by atoms with Gasteiger partial charge in [0.2, 0.25) is 0 Å². The van der Waals surface area contributed by atoms with Gasteiger partial charge in [-0.25, -0.2) is 0 Å². The lowest BCUT2D eigenvalue weighted by molar-refractivity contribution is -0.137. The fourth-order valence-corrected chi connectivity index (χ4v) is 1.34. The molecule has 0 radical (unpaired) electrons. The summed E-state index contributed by atoms with van der Waals surface area (Å²) in [6.45, 7) is 6.09. The van der Waals surface area contributed by atoms with Gasteiger partial charge in [0.15, 0.2) is 0 Å². The van der Waals surface area contributed by atoms with Crippen molar-refractivity contribution in [1.82, 2.24) is 0 Å². The monoisotopic (exact) mass is 254 g/mol. The molecule has 0 aromatic heterocycles. The van der Waals surface area contributed by atoms with Gasteiger partial charge in [-0.2, -0.15) is 18.4 Å². The highest BCUT2D eigenvalue weighted by Gasteiger charge is 2.33. The molecule has 0 unspecified atom stereocenters. The van der Waals surface area contributed by atoms with Gasteiger partial charge in [0.25, 0.3) is 0 Å². The Hall–Kier alpha value is -1.96. The van der Waals surface area contributed by atoms with Crippen LogP contribution in [0, 0.1) is 11.3 Å². The Morgan fingerprint density at radius 2 is 2.11 bits per heavy atom. The summed E-state index contributed by atoms with van der Waals surface area (Å²) in [4.78, 5) is 0. The van der Waals surface area contributed by atoms with E-state index in [1.54, 1.807) is 6.07 Å². The summed E-state index contributed by atoms with van der Waals surface area (Å²) in [7, 11) is 0. The third kappa shape index (κ3) is 3.52. The summed E-state index contributed by atoms with van der Waals surface area (Å²) < 4.78 is 38.1. The van der Waals surface area contributed by atoms with Crippen LogP contribution < -0.4 is 5.32 Å². The van der Waals surface area contributed by atoms with Gasteiger partial charge in [-0.15, -0.1) is 0 Å². The molecule has 0 fully saturated rings. The van der Waals surface area contributed by atoms with E-state index < -0.39 is 11.7 Å². The zero-order valence-corrected chi connectivity index (χ0v) is 9.93. The Balaban J connectivity index is 2.98. The van der Waals surface area contributed by atoms with Crippen molar-refractivity contribution in [3.05, 3.63) is 41.5 Å². The average Bonchev–Trinajstić information content (AvgIpc) is 2.34. The number of anilines is 1. The van der Waals surface area contributed by atoms with Gasteiger partial charge in [-0.3, -0.25) is 0 Å². The first-order chi connectivity index (χ1) is 8.38. The molecule has 0 aliphatic carbocycles. The van der Waals surface area contributed by atoms with Crippen LogP contribution in [-0.4, -0.2) is 6.54 Å². The predicted octanol–water partition coefficient (Wildman–Crippen LogP) is 3.96. The van der Waals surface area contributed by atoms with Gasteiger partial charge in [0.1, 0.15) is 0 Å². The van der Waals surface area contributed by atoms with Gasteiger partial charge in [0.05, 0.1) is 17.2 Å². The number of benzene rings is 1. The second-order valence-electron chi connectivity index (χ2n) is 3.83. The molecule has 1 rings (SSSR count). The third-order valence-electron chi connectivity index (χ3n) is 2.49. The minimum atomic E-state index is -4.52. The number of hydrogen-bond donors (Lipinski definition) is 1. The van der Waals surface area contributed by atoms with Crippen molar-refractivity contribution in [2.24, 2.45) is 0 Å². The van der Waals surface area contributed by atoms with Gasteiger partial charge in [-0.1, -0.05) is 19.1 Å². The van der Waals surface area contributed by atoms with Crippen LogP contribution in [0.2, 0.25) is 0 Å². The lowest BCUT2D eigenvalue weighted by Gasteiger charge is -2.12. The van der Waals surface area contributed by atoms with Crippen molar-refractivity contribution in [3.8, 4) is 6.07 Å².